The van der Waals surface area contributed by atoms with Crippen LogP contribution in [0, 0.1) is 0 Å². The van der Waals surface area contributed by atoms with Crippen LogP contribution in [0.25, 0.3) is 11.0 Å². The first kappa shape index (κ1) is 21.7. The molecule has 31 heavy (non-hydrogen) atoms. The van der Waals surface area contributed by atoms with Gasteiger partial charge in [0.2, 0.25) is 0 Å². The second-order valence-corrected chi connectivity index (χ2v) is 9.09. The number of aromatic nitrogens is 2. The molecule has 1 aromatic carbocycles. The van der Waals surface area contributed by atoms with E-state index in [4.69, 9.17) is 20.9 Å². The summed E-state index contributed by atoms with van der Waals surface area (Å²) >= 11 is 5.91. The molecule has 1 atom stereocenters. The topological polar surface area (TPSA) is 97.6 Å². The summed E-state index contributed by atoms with van der Waals surface area (Å²) in [5.74, 6) is -0.452. The van der Waals surface area contributed by atoms with Gasteiger partial charge in [-0.3, -0.25) is 4.72 Å². The number of hydrogen-bond acceptors (Lipinski definition) is 7. The number of ether oxygens (including phenoxy) is 1. The van der Waals surface area contributed by atoms with Crippen molar-refractivity contribution in [3.8, 4) is 5.75 Å². The van der Waals surface area contributed by atoms with E-state index in [9.17, 15) is 21.6 Å². The van der Waals surface area contributed by atoms with Crippen molar-refractivity contribution in [2.75, 3.05) is 24.9 Å². The minimum Gasteiger partial charge on any atom is -0.488 e. The molecule has 13 heteroatoms. The van der Waals surface area contributed by atoms with E-state index in [1.807, 2.05) is 11.9 Å². The molecule has 0 saturated carbocycles. The Balaban J connectivity index is 1.68. The zero-order valence-corrected chi connectivity index (χ0v) is 17.6. The quantitative estimate of drug-likeness (QED) is 0.598. The van der Waals surface area contributed by atoms with Gasteiger partial charge in [-0.15, -0.1) is 0 Å². The molecule has 0 amide bonds. The van der Waals surface area contributed by atoms with Gasteiger partial charge in [0, 0.05) is 19.2 Å². The highest BCUT2D eigenvalue weighted by molar-refractivity contribution is 7.92. The Morgan fingerprint density at radius 3 is 2.77 bits per heavy atom. The first-order chi connectivity index (χ1) is 14.5. The monoisotopic (exact) mass is 476 g/mol. The van der Waals surface area contributed by atoms with Gasteiger partial charge in [-0.1, -0.05) is 16.8 Å². The number of nitrogens with zero attached hydrogens (tertiary/aromatic N) is 3. The number of benzene rings is 1. The molecule has 0 unspecified atom stereocenters. The van der Waals surface area contributed by atoms with E-state index in [0.717, 1.165) is 30.6 Å². The lowest BCUT2D eigenvalue weighted by Crippen LogP contribution is -2.23. The molecule has 0 bridgehead atoms. The maximum Gasteiger partial charge on any atom is 0.419 e. The summed E-state index contributed by atoms with van der Waals surface area (Å²) in [5, 5.41) is 3.20. The lowest BCUT2D eigenvalue weighted by atomic mass is 10.1. The van der Waals surface area contributed by atoms with Crippen molar-refractivity contribution in [1.82, 2.24) is 15.0 Å². The molecule has 166 valence electrons. The lowest BCUT2D eigenvalue weighted by Gasteiger charge is -2.19. The number of anilines is 1. The Labute approximate surface area is 180 Å². The van der Waals surface area contributed by atoms with Crippen molar-refractivity contribution in [2.24, 2.45) is 0 Å². The average molecular weight is 477 g/mol. The highest BCUT2D eigenvalue weighted by Crippen LogP contribution is 2.39. The summed E-state index contributed by atoms with van der Waals surface area (Å²) in [4.78, 5) is 5.75. The number of alkyl halides is 3. The predicted molar refractivity (Wildman–Crippen MR) is 106 cm³/mol. The van der Waals surface area contributed by atoms with Crippen LogP contribution in [-0.2, 0) is 16.2 Å². The van der Waals surface area contributed by atoms with Gasteiger partial charge < -0.3 is 14.2 Å². The summed E-state index contributed by atoms with van der Waals surface area (Å²) < 4.78 is 78.8. The largest absolute Gasteiger partial charge is 0.488 e. The molecule has 1 N–H and O–H groups in total. The number of likely N-dealkylation sites (tertiary alicyclic amines) is 1. The van der Waals surface area contributed by atoms with Crippen LogP contribution in [0.3, 0.4) is 0 Å². The number of rotatable bonds is 5. The van der Waals surface area contributed by atoms with Gasteiger partial charge in [-0.25, -0.2) is 4.98 Å². The number of pyridine rings is 1. The number of likely N-dealkylation sites (N-methyl/N-ethyl adjacent to an activating group) is 1. The van der Waals surface area contributed by atoms with Gasteiger partial charge in [0.25, 0.3) is 10.0 Å². The van der Waals surface area contributed by atoms with Crippen molar-refractivity contribution < 1.29 is 30.8 Å². The number of fused-ring (bicyclic) bond motifs is 1. The van der Waals surface area contributed by atoms with Gasteiger partial charge in [0.15, 0.2) is 10.6 Å². The molecule has 0 spiro atoms. The van der Waals surface area contributed by atoms with Gasteiger partial charge in [-0.2, -0.15) is 21.6 Å². The zero-order chi connectivity index (χ0) is 22.4. The van der Waals surface area contributed by atoms with Crippen LogP contribution in [0.2, 0.25) is 5.02 Å². The van der Waals surface area contributed by atoms with Crippen LogP contribution >= 0.6 is 11.6 Å². The molecule has 1 aliphatic rings. The maximum atomic E-state index is 13.4. The predicted octanol–water partition coefficient (Wildman–Crippen LogP) is 3.78. The van der Waals surface area contributed by atoms with Crippen molar-refractivity contribution in [3.05, 3.63) is 41.2 Å². The Bertz CT molecular complexity index is 1230. The Morgan fingerprint density at radius 2 is 2.10 bits per heavy atom. The molecule has 1 fully saturated rings. The second kappa shape index (κ2) is 7.84. The van der Waals surface area contributed by atoms with E-state index in [2.05, 4.69) is 14.9 Å². The first-order valence-electron chi connectivity index (χ1n) is 9.03. The summed E-state index contributed by atoms with van der Waals surface area (Å²) in [7, 11) is -2.46. The number of halogens is 4. The molecule has 0 aliphatic carbocycles. The minimum atomic E-state index is -4.66. The third-order valence-corrected chi connectivity index (χ3v) is 6.36. The average Bonchev–Trinajstić information content (AvgIpc) is 3.30. The molecule has 0 radical (unpaired) electrons. The molecule has 4 rings (SSSR count). The summed E-state index contributed by atoms with van der Waals surface area (Å²) in [6, 6.07) is 2.80. The molecule has 1 aliphatic heterocycles. The van der Waals surface area contributed by atoms with Crippen LogP contribution in [-0.4, -0.2) is 49.7 Å². The van der Waals surface area contributed by atoms with Crippen molar-refractivity contribution in [2.45, 2.75) is 23.7 Å². The lowest BCUT2D eigenvalue weighted by molar-refractivity contribution is -0.139. The number of hydrogen-bond donors (Lipinski definition) is 1. The smallest absolute Gasteiger partial charge is 0.419 e. The molecule has 8 nitrogen and oxygen atoms in total. The van der Waals surface area contributed by atoms with Crippen molar-refractivity contribution in [1.29, 1.82) is 0 Å². The fraction of sp³-hybridized carbons (Fsp3) is 0.333. The van der Waals surface area contributed by atoms with Crippen molar-refractivity contribution >= 4 is 38.3 Å². The van der Waals surface area contributed by atoms with E-state index in [-0.39, 0.29) is 21.7 Å². The van der Waals surface area contributed by atoms with Crippen LogP contribution in [0.5, 0.6) is 5.75 Å². The third-order valence-electron chi connectivity index (χ3n) is 4.75. The first-order valence-corrected chi connectivity index (χ1v) is 10.9. The Hall–Kier alpha value is -2.57. The summed E-state index contributed by atoms with van der Waals surface area (Å²) in [5.41, 5.74) is -1.08. The fourth-order valence-corrected chi connectivity index (χ4v) is 4.66. The van der Waals surface area contributed by atoms with E-state index >= 15 is 0 Å². The second-order valence-electron chi connectivity index (χ2n) is 7.08. The SMILES string of the molecule is CN1CC[C@@H](Oc2cc(NS(=O)(=O)c3ncc(Cl)c4oncc34)ccc2C(F)(F)F)C1. The summed E-state index contributed by atoms with van der Waals surface area (Å²) in [6.07, 6.45) is -2.32. The van der Waals surface area contributed by atoms with E-state index in [0.29, 0.717) is 19.5 Å². The van der Waals surface area contributed by atoms with Crippen molar-refractivity contribution in [3.63, 3.8) is 0 Å². The van der Waals surface area contributed by atoms with E-state index in [1.165, 1.54) is 0 Å². The molecule has 3 heterocycles. The van der Waals surface area contributed by atoms with Gasteiger partial charge >= 0.3 is 6.18 Å². The van der Waals surface area contributed by atoms with Gasteiger partial charge in [-0.05, 0) is 25.6 Å². The van der Waals surface area contributed by atoms with E-state index in [1.54, 1.807) is 0 Å². The molecule has 2 aromatic heterocycles. The summed E-state index contributed by atoms with van der Waals surface area (Å²) in [6.45, 7) is 1.16. The van der Waals surface area contributed by atoms with Crippen LogP contribution < -0.4 is 9.46 Å². The van der Waals surface area contributed by atoms with Gasteiger partial charge in [0.1, 0.15) is 16.9 Å². The highest BCUT2D eigenvalue weighted by Gasteiger charge is 2.36. The number of sulfonamides is 1. The molecule has 3 aromatic rings. The normalized spacial score (nSPS) is 17.9. The fourth-order valence-electron chi connectivity index (χ4n) is 3.31. The third kappa shape index (κ3) is 4.41. The van der Waals surface area contributed by atoms with E-state index < -0.39 is 38.6 Å². The number of nitrogens with one attached hydrogen (secondary N) is 1. The maximum absolute atomic E-state index is 13.4. The Kier molecular flexibility index (Phi) is 5.48. The standard InChI is InChI=1S/C18H16ClF3N4O4S/c1-26-5-4-11(9-26)29-15-6-10(2-3-13(15)18(20,21)22)25-31(27,28)17-12-7-24-30-16(12)14(19)8-23-17/h2-3,6-8,11,25H,4-5,9H2,1H3/t11-/m1/s1. The molecular formula is C18H16ClF3N4O4S. The molecular weight excluding hydrogens is 461 g/mol. The van der Waals surface area contributed by atoms with Crippen LogP contribution in [0.15, 0.2) is 40.1 Å². The van der Waals surface area contributed by atoms with Crippen LogP contribution in [0.1, 0.15) is 12.0 Å². The minimum absolute atomic E-state index is 0.0267. The Morgan fingerprint density at radius 1 is 1.32 bits per heavy atom. The zero-order valence-electron chi connectivity index (χ0n) is 16.0. The highest BCUT2D eigenvalue weighted by atomic mass is 35.5. The van der Waals surface area contributed by atoms with Gasteiger partial charge in [0.05, 0.1) is 29.0 Å². The van der Waals surface area contributed by atoms with Crippen LogP contribution in [0.4, 0.5) is 18.9 Å². The molecule has 1 saturated heterocycles.